The molecule has 0 atom stereocenters. The number of carbonyl (C=O) groups excluding carboxylic acids is 1. The average molecular weight is 152 g/mol. The fourth-order valence-corrected chi connectivity index (χ4v) is 0.584. The molecule has 0 aromatic carbocycles. The Labute approximate surface area is 63.9 Å². The van der Waals surface area contributed by atoms with Crippen LogP contribution in [-0.2, 0) is 9.53 Å². The Balaban J connectivity index is 2.55. The molecule has 0 aliphatic heterocycles. The predicted molar refractivity (Wildman–Crippen MR) is 39.6 cm³/mol. The lowest BCUT2D eigenvalue weighted by atomic mass is 10.4. The third kappa shape index (κ3) is 2.25. The van der Waals surface area contributed by atoms with Crippen molar-refractivity contribution in [3.05, 3.63) is 24.3 Å². The van der Waals surface area contributed by atoms with Gasteiger partial charge in [-0.3, -0.25) is 0 Å². The first kappa shape index (κ1) is 7.53. The van der Waals surface area contributed by atoms with E-state index < -0.39 is 0 Å². The number of nitrogens with one attached hydrogen (secondary N) is 1. The van der Waals surface area contributed by atoms with Crippen LogP contribution in [0.2, 0.25) is 0 Å². The number of carbonyl (C=O) groups is 1. The molecule has 0 saturated carbocycles. The molecule has 1 rings (SSSR count). The molecule has 0 radical (unpaired) electrons. The number of hydrogen-bond donors (Lipinski definition) is 1. The van der Waals surface area contributed by atoms with E-state index in [1.165, 1.54) is 19.5 Å². The number of hydrogen-bond acceptors (Lipinski definition) is 3. The van der Waals surface area contributed by atoms with E-state index in [0.29, 0.717) is 5.69 Å². The zero-order valence-electron chi connectivity index (χ0n) is 6.07. The summed E-state index contributed by atoms with van der Waals surface area (Å²) in [5.41, 5.74) is 0.704. The Kier molecular flexibility index (Phi) is 2.43. The highest BCUT2D eigenvalue weighted by Gasteiger charge is 1.91. The van der Waals surface area contributed by atoms with Gasteiger partial charge >= 0.3 is 5.97 Å². The second-order valence-corrected chi connectivity index (χ2v) is 1.85. The molecule has 1 aromatic rings. The van der Waals surface area contributed by atoms with Gasteiger partial charge in [0.1, 0.15) is 0 Å². The first-order valence-electron chi connectivity index (χ1n) is 3.08. The quantitative estimate of drug-likeness (QED) is 0.498. The number of methoxy groups -OCH3 is 1. The van der Waals surface area contributed by atoms with Gasteiger partial charge in [0, 0.05) is 12.3 Å². The van der Waals surface area contributed by atoms with Gasteiger partial charge in [0.25, 0.3) is 0 Å². The molecule has 0 amide bonds. The van der Waals surface area contributed by atoms with Crippen LogP contribution in [0.4, 0.5) is 0 Å². The number of ether oxygens (including phenoxy) is 1. The molecule has 4 heteroatoms. The van der Waals surface area contributed by atoms with E-state index in [2.05, 4.69) is 14.7 Å². The summed E-state index contributed by atoms with van der Waals surface area (Å²) < 4.78 is 4.38. The lowest BCUT2D eigenvalue weighted by Gasteiger charge is -1.86. The molecular weight excluding hydrogens is 144 g/mol. The van der Waals surface area contributed by atoms with Gasteiger partial charge in [0.15, 0.2) is 0 Å². The molecule has 0 fully saturated rings. The minimum absolute atomic E-state index is 0.381. The summed E-state index contributed by atoms with van der Waals surface area (Å²) >= 11 is 0. The molecule has 1 heterocycles. The summed E-state index contributed by atoms with van der Waals surface area (Å²) in [6.07, 6.45) is 6.11. The van der Waals surface area contributed by atoms with E-state index in [4.69, 9.17) is 0 Å². The van der Waals surface area contributed by atoms with Crippen molar-refractivity contribution in [1.29, 1.82) is 0 Å². The van der Waals surface area contributed by atoms with Crippen molar-refractivity contribution in [3.8, 4) is 0 Å². The summed E-state index contributed by atoms with van der Waals surface area (Å²) in [4.78, 5) is 17.2. The summed E-state index contributed by atoms with van der Waals surface area (Å²) in [6, 6.07) is 0. The fourth-order valence-electron chi connectivity index (χ4n) is 0.584. The molecule has 0 spiro atoms. The van der Waals surface area contributed by atoms with Crippen molar-refractivity contribution in [1.82, 2.24) is 9.97 Å². The van der Waals surface area contributed by atoms with Gasteiger partial charge in [-0.05, 0) is 6.08 Å². The maximum atomic E-state index is 10.6. The van der Waals surface area contributed by atoms with Crippen LogP contribution in [0.15, 0.2) is 18.6 Å². The number of H-pyrrole nitrogens is 1. The molecule has 0 saturated heterocycles. The summed E-state index contributed by atoms with van der Waals surface area (Å²) in [7, 11) is 1.33. The van der Waals surface area contributed by atoms with Gasteiger partial charge in [-0.1, -0.05) is 0 Å². The molecule has 11 heavy (non-hydrogen) atoms. The van der Waals surface area contributed by atoms with Crippen molar-refractivity contribution in [2.24, 2.45) is 0 Å². The van der Waals surface area contributed by atoms with Crippen molar-refractivity contribution in [2.75, 3.05) is 7.11 Å². The minimum Gasteiger partial charge on any atom is -0.466 e. The maximum absolute atomic E-state index is 10.6. The lowest BCUT2D eigenvalue weighted by molar-refractivity contribution is -0.134. The first-order chi connectivity index (χ1) is 5.33. The molecule has 4 nitrogen and oxygen atoms in total. The monoisotopic (exact) mass is 152 g/mol. The summed E-state index contributed by atoms with van der Waals surface area (Å²) in [5.74, 6) is -0.381. The zero-order valence-corrected chi connectivity index (χ0v) is 6.07. The predicted octanol–water partition coefficient (Wildman–Crippen LogP) is 0.596. The van der Waals surface area contributed by atoms with Crippen molar-refractivity contribution >= 4 is 12.0 Å². The lowest BCUT2D eigenvalue weighted by Crippen LogP contribution is -1.93. The van der Waals surface area contributed by atoms with Crippen LogP contribution in [0.1, 0.15) is 5.69 Å². The zero-order chi connectivity index (χ0) is 8.10. The van der Waals surface area contributed by atoms with Crippen LogP contribution in [-0.4, -0.2) is 23.0 Å². The molecule has 1 N–H and O–H groups in total. The fraction of sp³-hybridized carbons (Fsp3) is 0.143. The Bertz CT molecular complexity index is 251. The second-order valence-electron chi connectivity index (χ2n) is 1.85. The molecule has 0 unspecified atom stereocenters. The number of aromatic nitrogens is 2. The van der Waals surface area contributed by atoms with Crippen LogP contribution in [0.25, 0.3) is 6.08 Å². The topological polar surface area (TPSA) is 55.0 Å². The molecular formula is C7H8N2O2. The highest BCUT2D eigenvalue weighted by Crippen LogP contribution is 1.93. The third-order valence-electron chi connectivity index (χ3n) is 1.11. The SMILES string of the molecule is COC(=O)C=Cc1c[nH]cn1. The van der Waals surface area contributed by atoms with Gasteiger partial charge in [-0.25, -0.2) is 9.78 Å². The van der Waals surface area contributed by atoms with Gasteiger partial charge < -0.3 is 9.72 Å². The highest BCUT2D eigenvalue weighted by molar-refractivity contribution is 5.86. The van der Waals surface area contributed by atoms with E-state index in [0.717, 1.165) is 0 Å². The number of imidazole rings is 1. The van der Waals surface area contributed by atoms with Gasteiger partial charge in [-0.2, -0.15) is 0 Å². The van der Waals surface area contributed by atoms with Gasteiger partial charge in [0.05, 0.1) is 19.1 Å². The van der Waals surface area contributed by atoms with E-state index in [1.54, 1.807) is 12.3 Å². The van der Waals surface area contributed by atoms with Crippen LogP contribution >= 0.6 is 0 Å². The van der Waals surface area contributed by atoms with E-state index in [-0.39, 0.29) is 5.97 Å². The highest BCUT2D eigenvalue weighted by atomic mass is 16.5. The Hall–Kier alpha value is -1.58. The number of esters is 1. The largest absolute Gasteiger partial charge is 0.466 e. The Morgan fingerprint density at radius 1 is 1.82 bits per heavy atom. The standard InChI is InChI=1S/C7H8N2O2/c1-11-7(10)3-2-6-4-8-5-9-6/h2-5H,1H3,(H,8,9). The van der Waals surface area contributed by atoms with Gasteiger partial charge in [-0.15, -0.1) is 0 Å². The molecule has 58 valence electrons. The van der Waals surface area contributed by atoms with Crippen LogP contribution < -0.4 is 0 Å². The van der Waals surface area contributed by atoms with Crippen molar-refractivity contribution in [3.63, 3.8) is 0 Å². The maximum Gasteiger partial charge on any atom is 0.330 e. The summed E-state index contributed by atoms with van der Waals surface area (Å²) in [6.45, 7) is 0. The average Bonchev–Trinajstić information content (AvgIpc) is 2.52. The first-order valence-corrected chi connectivity index (χ1v) is 3.08. The van der Waals surface area contributed by atoms with Crippen LogP contribution in [0.3, 0.4) is 0 Å². The third-order valence-corrected chi connectivity index (χ3v) is 1.11. The molecule has 0 bridgehead atoms. The normalized spacial score (nSPS) is 10.3. The second kappa shape index (κ2) is 3.55. The number of aromatic amines is 1. The van der Waals surface area contributed by atoms with E-state index >= 15 is 0 Å². The van der Waals surface area contributed by atoms with Crippen molar-refractivity contribution in [2.45, 2.75) is 0 Å². The van der Waals surface area contributed by atoms with Crippen LogP contribution in [0, 0.1) is 0 Å². The molecule has 1 aromatic heterocycles. The molecule has 0 aliphatic carbocycles. The smallest absolute Gasteiger partial charge is 0.330 e. The molecule has 0 aliphatic rings. The van der Waals surface area contributed by atoms with Gasteiger partial charge in [0.2, 0.25) is 0 Å². The Morgan fingerprint density at radius 3 is 3.18 bits per heavy atom. The Morgan fingerprint density at radius 2 is 2.64 bits per heavy atom. The minimum atomic E-state index is -0.381. The van der Waals surface area contributed by atoms with E-state index in [1.807, 2.05) is 0 Å². The van der Waals surface area contributed by atoms with Crippen LogP contribution in [0.5, 0.6) is 0 Å². The van der Waals surface area contributed by atoms with Crippen molar-refractivity contribution < 1.29 is 9.53 Å². The summed E-state index contributed by atoms with van der Waals surface area (Å²) in [5, 5.41) is 0. The van der Waals surface area contributed by atoms with E-state index in [9.17, 15) is 4.79 Å². The number of rotatable bonds is 2. The number of nitrogens with zero attached hydrogens (tertiary/aromatic N) is 1.